The summed E-state index contributed by atoms with van der Waals surface area (Å²) in [6.45, 7) is 0. The molecule has 0 N–H and O–H groups in total. The monoisotopic (exact) mass is 1750 g/mol. The second kappa shape index (κ2) is 29.6. The van der Waals surface area contributed by atoms with Gasteiger partial charge < -0.3 is 4.42 Å². The summed E-state index contributed by atoms with van der Waals surface area (Å²) < 4.78 is 20.2. The third-order valence-electron chi connectivity index (χ3n) is 25.9. The van der Waals surface area contributed by atoms with Gasteiger partial charge in [0.25, 0.3) is 0 Å². The minimum atomic E-state index is 0.589. The van der Waals surface area contributed by atoms with Crippen LogP contribution in [0.1, 0.15) is 0 Å². The summed E-state index contributed by atoms with van der Waals surface area (Å²) in [5.74, 6) is 1.82. The van der Waals surface area contributed by atoms with Crippen LogP contribution in [-0.2, 0) is 0 Å². The van der Waals surface area contributed by atoms with Crippen molar-refractivity contribution in [2.45, 2.75) is 0 Å². The Labute approximate surface area is 765 Å². The van der Waals surface area contributed by atoms with Crippen molar-refractivity contribution < 1.29 is 4.42 Å². The van der Waals surface area contributed by atoms with E-state index in [0.717, 1.165) is 166 Å². The number of hydrogen-bond donors (Lipinski definition) is 0. The molecule has 30 aromatic rings. The number of furan rings is 1. The summed E-state index contributed by atoms with van der Waals surface area (Å²) >= 11 is 5.45. The van der Waals surface area contributed by atoms with Crippen LogP contribution >= 0.6 is 34.0 Å². The third-order valence-corrected chi connectivity index (χ3v) is 29.4. The minimum Gasteiger partial charge on any atom is -0.456 e. The summed E-state index contributed by atoms with van der Waals surface area (Å²) in [5, 5.41) is 23.2. The highest BCUT2D eigenvalue weighted by molar-refractivity contribution is 7.28. The number of benzene rings is 14. The van der Waals surface area contributed by atoms with Gasteiger partial charge in [-0.25, -0.2) is 29.9 Å². The molecule has 0 radical (unpaired) electrons. The van der Waals surface area contributed by atoms with E-state index >= 15 is 0 Å². The number of pyridine rings is 6. The maximum absolute atomic E-state index is 6.17. The van der Waals surface area contributed by atoms with E-state index in [0.29, 0.717) is 17.8 Å². The summed E-state index contributed by atoms with van der Waals surface area (Å²) in [7, 11) is 0. The predicted octanol–water partition coefficient (Wildman–Crippen LogP) is 29.7. The number of fused-ring (bicyclic) bond motifs is 36. The number of aromatic nitrogens is 15. The van der Waals surface area contributed by atoms with Gasteiger partial charge >= 0.3 is 0 Å². The first-order valence-electron chi connectivity index (χ1n) is 43.9. The number of rotatable bonds is 7. The summed E-state index contributed by atoms with van der Waals surface area (Å²) in [6.07, 6.45) is 11.1. The standard InChI is InChI=1S/C41H22N4OS.C39H22N6S.C34H19N5S/c1-2-12-26-25(11-1)35-28-14-5-8-18-34(28)47-40(35)39-36(26)38-31(16-9-21-42-38)45(39)41-43-30-15-6-3-13-27(30)37(44-41)23-19-20-33-29(22-23)24-10-4-7-17-32(24)46-33;1-2-11-25-24(10-1)33-27-13-4-6-17-32(27)46-38(33)37-34(25)36-31(16-9-21-41-36)45(37)39-43-29-15-5-3-12-26(29)35(44-39)30-19-18-23(22-42-30)28-14-7-8-20-40-28;1-2-11-21-20(10-1)28-23-13-4-6-17-27(23)40-33(28)32-29(21)31-26(16-9-19-36-31)39(32)34-37-24-14-5-3-12-22(24)30(38-34)25-15-7-8-18-35-25/h1-22H;1-22H;1-19H. The molecule has 0 aliphatic heterocycles. The zero-order valence-electron chi connectivity index (χ0n) is 70.2. The lowest BCUT2D eigenvalue weighted by molar-refractivity contribution is 0.669. The van der Waals surface area contributed by atoms with Crippen LogP contribution in [0.5, 0.6) is 0 Å². The van der Waals surface area contributed by atoms with Crippen LogP contribution in [0.3, 0.4) is 0 Å². The molecule has 618 valence electrons. The first-order valence-corrected chi connectivity index (χ1v) is 46.3. The first kappa shape index (κ1) is 74.7. The van der Waals surface area contributed by atoms with Gasteiger partial charge in [0.05, 0.1) is 103 Å². The average Bonchev–Trinajstić information content (AvgIpc) is 1.54. The molecule has 0 saturated heterocycles. The third kappa shape index (κ3) is 11.4. The molecule has 0 amide bonds. The van der Waals surface area contributed by atoms with Gasteiger partial charge in [-0.15, -0.1) is 34.0 Å². The lowest BCUT2D eigenvalue weighted by Crippen LogP contribution is -2.04. The molecule has 19 heteroatoms. The molecular formula is C114H63N15OS3. The Morgan fingerprint density at radius 1 is 0.218 bits per heavy atom. The predicted molar refractivity (Wildman–Crippen MR) is 549 cm³/mol. The smallest absolute Gasteiger partial charge is 0.235 e. The van der Waals surface area contributed by atoms with Crippen LogP contribution in [0.25, 0.3) is 276 Å². The fraction of sp³-hybridized carbons (Fsp3) is 0. The molecule has 133 heavy (non-hydrogen) atoms. The van der Waals surface area contributed by atoms with Gasteiger partial charge in [-0.1, -0.05) is 212 Å². The van der Waals surface area contributed by atoms with Crippen LogP contribution in [0, 0.1) is 0 Å². The lowest BCUT2D eigenvalue weighted by atomic mass is 10.00. The second-order valence-electron chi connectivity index (χ2n) is 33.2. The highest BCUT2D eigenvalue weighted by Crippen LogP contribution is 2.53. The van der Waals surface area contributed by atoms with E-state index in [1.54, 1.807) is 6.20 Å². The van der Waals surface area contributed by atoms with E-state index in [1.807, 2.05) is 180 Å². The Balaban J connectivity index is 0.0000000999. The van der Waals surface area contributed by atoms with Crippen molar-refractivity contribution in [1.82, 2.24) is 73.5 Å². The summed E-state index contributed by atoms with van der Waals surface area (Å²) in [4.78, 5) is 60.5. The Kier molecular flexibility index (Phi) is 16.6. The van der Waals surface area contributed by atoms with Crippen LogP contribution in [0.15, 0.2) is 387 Å². The fourth-order valence-electron chi connectivity index (χ4n) is 20.3. The van der Waals surface area contributed by atoms with Crippen molar-refractivity contribution >= 4 is 247 Å². The summed E-state index contributed by atoms with van der Waals surface area (Å²) in [5.41, 5.74) is 20.3. The van der Waals surface area contributed by atoms with Gasteiger partial charge in [-0.05, 0) is 166 Å². The zero-order chi connectivity index (χ0) is 87.0. The van der Waals surface area contributed by atoms with Crippen LogP contribution in [0.2, 0.25) is 0 Å². The molecule has 0 saturated carbocycles. The SMILES string of the molecule is c1ccc(-c2ccc(-c3nc(-n4c5cccnc5c5c6ccccc6c6c7ccccc7sc6c54)nc4ccccc34)nc2)nc1.c1ccc(-c2nc(-n3c4cccnc4c4c5ccccc5c5c6ccccc6sc5c43)nc3ccccc23)nc1.c1ccc2c(-c3ccc4oc5ccccc5c4c3)nc(-n3c4cccnc4c4c5ccccc5c5c6ccccc6sc5c43)nc2c1. The minimum absolute atomic E-state index is 0.589. The number of thiophene rings is 3. The Bertz CT molecular complexity index is 10200. The van der Waals surface area contributed by atoms with Gasteiger partial charge in [0.15, 0.2) is 0 Å². The molecular weight excluding hydrogens is 1690 g/mol. The molecule has 0 bridgehead atoms. The van der Waals surface area contributed by atoms with Crippen LogP contribution in [-0.4, -0.2) is 73.5 Å². The Morgan fingerprint density at radius 2 is 0.549 bits per heavy atom. The molecule has 0 fully saturated rings. The van der Waals surface area contributed by atoms with Crippen molar-refractivity contribution in [1.29, 1.82) is 0 Å². The highest BCUT2D eigenvalue weighted by atomic mass is 32.1. The largest absolute Gasteiger partial charge is 0.456 e. The van der Waals surface area contributed by atoms with E-state index in [4.69, 9.17) is 54.3 Å². The molecule has 0 atom stereocenters. The zero-order valence-corrected chi connectivity index (χ0v) is 72.7. The van der Waals surface area contributed by atoms with Crippen molar-refractivity contribution in [3.8, 4) is 63.1 Å². The molecule has 0 aliphatic carbocycles. The van der Waals surface area contributed by atoms with Gasteiger partial charge in [-0.2, -0.15) is 0 Å². The van der Waals surface area contributed by atoms with Crippen LogP contribution < -0.4 is 0 Å². The summed E-state index contributed by atoms with van der Waals surface area (Å²) in [6, 6.07) is 119. The fourth-order valence-corrected chi connectivity index (χ4v) is 24.0. The maximum atomic E-state index is 6.17. The quantitative estimate of drug-likeness (QED) is 0.147. The molecule has 0 unspecified atom stereocenters. The van der Waals surface area contributed by atoms with Crippen LogP contribution in [0.4, 0.5) is 0 Å². The topological polar surface area (TPSA) is 183 Å². The molecule has 16 heterocycles. The average molecular weight is 1760 g/mol. The molecule has 30 rings (SSSR count). The molecule has 0 spiro atoms. The van der Waals surface area contributed by atoms with E-state index < -0.39 is 0 Å². The Morgan fingerprint density at radius 3 is 0.962 bits per heavy atom. The normalized spacial score (nSPS) is 12.1. The van der Waals surface area contributed by atoms with Gasteiger partial charge in [-0.3, -0.25) is 43.6 Å². The first-order chi connectivity index (χ1) is 66.0. The molecule has 0 aliphatic rings. The Hall–Kier alpha value is -17.4. The van der Waals surface area contributed by atoms with Gasteiger partial charge in [0.1, 0.15) is 22.6 Å². The molecule has 16 nitrogen and oxygen atoms in total. The molecule has 16 aromatic heterocycles. The van der Waals surface area contributed by atoms with Crippen molar-refractivity contribution in [3.05, 3.63) is 383 Å². The van der Waals surface area contributed by atoms with E-state index in [-0.39, 0.29) is 0 Å². The molecule has 14 aromatic carbocycles. The van der Waals surface area contributed by atoms with E-state index in [9.17, 15) is 0 Å². The lowest BCUT2D eigenvalue weighted by Gasteiger charge is -2.12. The number of hydrogen-bond acceptors (Lipinski definition) is 16. The van der Waals surface area contributed by atoms with E-state index in [1.165, 1.54) is 92.8 Å². The van der Waals surface area contributed by atoms with Gasteiger partial charge in [0, 0.05) is 138 Å². The van der Waals surface area contributed by atoms with E-state index in [2.05, 4.69) is 254 Å². The maximum Gasteiger partial charge on any atom is 0.235 e. The second-order valence-corrected chi connectivity index (χ2v) is 36.3. The number of para-hydroxylation sites is 4. The highest BCUT2D eigenvalue weighted by Gasteiger charge is 2.30. The van der Waals surface area contributed by atoms with Gasteiger partial charge in [0.2, 0.25) is 17.8 Å². The van der Waals surface area contributed by atoms with Crippen molar-refractivity contribution in [3.63, 3.8) is 0 Å². The van der Waals surface area contributed by atoms with Crippen molar-refractivity contribution in [2.75, 3.05) is 0 Å². The number of nitrogens with zero attached hydrogens (tertiary/aromatic N) is 15. The van der Waals surface area contributed by atoms with Crippen molar-refractivity contribution in [2.24, 2.45) is 0 Å².